The fraction of sp³-hybridized carbons (Fsp3) is 0.875. The molecular formula is C8H17NO3. The first kappa shape index (κ1) is 11.4. The number of carboxylic acids is 1. The smallest absolute Gasteiger partial charge is 0.332 e. The van der Waals surface area contributed by atoms with Gasteiger partial charge in [-0.3, -0.25) is 0 Å². The predicted molar refractivity (Wildman–Crippen MR) is 45.9 cm³/mol. The Labute approximate surface area is 72.7 Å². The Morgan fingerprint density at radius 2 is 2.08 bits per heavy atom. The van der Waals surface area contributed by atoms with Gasteiger partial charge in [0.15, 0.2) is 6.10 Å². The number of ether oxygens (including phenoxy) is 1. The molecule has 0 aromatic carbocycles. The van der Waals surface area contributed by atoms with E-state index in [0.717, 1.165) is 0 Å². The maximum absolute atomic E-state index is 10.6. The van der Waals surface area contributed by atoms with Gasteiger partial charge < -0.3 is 15.6 Å². The van der Waals surface area contributed by atoms with Crippen molar-refractivity contribution in [2.24, 2.45) is 5.73 Å². The second kappa shape index (κ2) is 4.42. The monoisotopic (exact) mass is 175 g/mol. The van der Waals surface area contributed by atoms with Crippen molar-refractivity contribution in [2.45, 2.75) is 38.9 Å². The zero-order valence-corrected chi connectivity index (χ0v) is 7.83. The van der Waals surface area contributed by atoms with E-state index in [1.165, 1.54) is 0 Å². The van der Waals surface area contributed by atoms with Crippen LogP contribution >= 0.6 is 0 Å². The van der Waals surface area contributed by atoms with Crippen LogP contribution in [0.2, 0.25) is 0 Å². The summed E-state index contributed by atoms with van der Waals surface area (Å²) in [6.07, 6.45) is -0.429. The summed E-state index contributed by atoms with van der Waals surface area (Å²) in [6, 6.07) is 0. The van der Waals surface area contributed by atoms with E-state index in [-0.39, 0.29) is 0 Å². The molecule has 0 saturated heterocycles. The van der Waals surface area contributed by atoms with Gasteiger partial charge in [-0.1, -0.05) is 0 Å². The summed E-state index contributed by atoms with van der Waals surface area (Å²) in [6.45, 7) is 5.78. The molecule has 0 aliphatic heterocycles. The molecule has 4 nitrogen and oxygen atoms in total. The minimum atomic E-state index is -0.949. The zero-order valence-electron chi connectivity index (χ0n) is 7.83. The fourth-order valence-corrected chi connectivity index (χ4v) is 0.811. The van der Waals surface area contributed by atoms with E-state index in [0.29, 0.717) is 13.0 Å². The van der Waals surface area contributed by atoms with E-state index in [1.54, 1.807) is 0 Å². The molecular weight excluding hydrogens is 158 g/mol. The van der Waals surface area contributed by atoms with E-state index in [9.17, 15) is 4.79 Å². The average Bonchev–Trinajstić information content (AvgIpc) is 1.83. The highest BCUT2D eigenvalue weighted by molar-refractivity contribution is 5.72. The molecule has 0 aromatic rings. The summed E-state index contributed by atoms with van der Waals surface area (Å²) in [5.41, 5.74) is 4.81. The average molecular weight is 175 g/mol. The van der Waals surface area contributed by atoms with Crippen LogP contribution in [0.4, 0.5) is 0 Å². The summed E-state index contributed by atoms with van der Waals surface area (Å²) in [5.74, 6) is -0.949. The van der Waals surface area contributed by atoms with E-state index in [4.69, 9.17) is 15.6 Å². The van der Waals surface area contributed by atoms with Gasteiger partial charge in [-0.2, -0.15) is 0 Å². The maximum atomic E-state index is 10.6. The Morgan fingerprint density at radius 3 is 2.33 bits per heavy atom. The molecule has 1 atom stereocenters. The molecule has 0 rings (SSSR count). The molecule has 12 heavy (non-hydrogen) atoms. The molecule has 0 aliphatic carbocycles. The Bertz CT molecular complexity index is 151. The number of hydrogen-bond donors (Lipinski definition) is 2. The van der Waals surface area contributed by atoms with Crippen LogP contribution in [0.1, 0.15) is 27.2 Å². The van der Waals surface area contributed by atoms with Gasteiger partial charge in [-0.25, -0.2) is 4.79 Å². The van der Waals surface area contributed by atoms with Gasteiger partial charge in [0.2, 0.25) is 0 Å². The highest BCUT2D eigenvalue weighted by Gasteiger charge is 2.23. The van der Waals surface area contributed by atoms with E-state index < -0.39 is 17.7 Å². The van der Waals surface area contributed by atoms with Crippen LogP contribution in [0, 0.1) is 0 Å². The summed E-state index contributed by atoms with van der Waals surface area (Å²) in [5, 5.41) is 8.69. The molecule has 0 bridgehead atoms. The lowest BCUT2D eigenvalue weighted by Gasteiger charge is -2.24. The third-order valence-electron chi connectivity index (χ3n) is 1.20. The topological polar surface area (TPSA) is 72.5 Å². The molecule has 0 fully saturated rings. The molecule has 0 amide bonds. The van der Waals surface area contributed by atoms with Gasteiger partial charge in [0.05, 0.1) is 5.60 Å². The van der Waals surface area contributed by atoms with Crippen LogP contribution in [-0.4, -0.2) is 29.3 Å². The summed E-state index contributed by atoms with van der Waals surface area (Å²) in [4.78, 5) is 10.6. The number of hydrogen-bond acceptors (Lipinski definition) is 3. The minimum absolute atomic E-state index is 0.326. The van der Waals surface area contributed by atoms with E-state index >= 15 is 0 Å². The van der Waals surface area contributed by atoms with Crippen LogP contribution in [0.25, 0.3) is 0 Å². The molecule has 0 radical (unpaired) electrons. The van der Waals surface area contributed by atoms with Crippen molar-refractivity contribution < 1.29 is 14.6 Å². The third-order valence-corrected chi connectivity index (χ3v) is 1.20. The molecule has 3 N–H and O–H groups in total. The van der Waals surface area contributed by atoms with Crippen molar-refractivity contribution in [3.05, 3.63) is 0 Å². The van der Waals surface area contributed by atoms with Gasteiger partial charge in [-0.05, 0) is 33.7 Å². The van der Waals surface area contributed by atoms with E-state index in [2.05, 4.69) is 0 Å². The first-order valence-electron chi connectivity index (χ1n) is 3.97. The lowest BCUT2D eigenvalue weighted by molar-refractivity contribution is -0.160. The van der Waals surface area contributed by atoms with Gasteiger partial charge in [0.1, 0.15) is 0 Å². The van der Waals surface area contributed by atoms with Crippen molar-refractivity contribution in [2.75, 3.05) is 6.54 Å². The molecule has 0 spiro atoms. The summed E-state index contributed by atoms with van der Waals surface area (Å²) < 4.78 is 5.26. The first-order chi connectivity index (χ1) is 5.37. The second-order valence-corrected chi connectivity index (χ2v) is 3.63. The van der Waals surface area contributed by atoms with Crippen LogP contribution in [0.15, 0.2) is 0 Å². The fourth-order valence-electron chi connectivity index (χ4n) is 0.811. The Hall–Kier alpha value is -0.610. The van der Waals surface area contributed by atoms with Crippen LogP contribution < -0.4 is 5.73 Å². The highest BCUT2D eigenvalue weighted by Crippen LogP contribution is 2.12. The minimum Gasteiger partial charge on any atom is -0.479 e. The normalized spacial score (nSPS) is 14.3. The lowest BCUT2D eigenvalue weighted by Crippen LogP contribution is -2.34. The number of aliphatic carboxylic acids is 1. The van der Waals surface area contributed by atoms with Crippen molar-refractivity contribution >= 4 is 5.97 Å². The molecule has 0 heterocycles. The number of carboxylic acid groups (broad SMARTS) is 1. The molecule has 72 valence electrons. The molecule has 0 saturated carbocycles. The molecule has 4 heteroatoms. The van der Waals surface area contributed by atoms with Crippen LogP contribution in [0.5, 0.6) is 0 Å². The van der Waals surface area contributed by atoms with Crippen molar-refractivity contribution in [3.63, 3.8) is 0 Å². The molecule has 1 unspecified atom stereocenters. The van der Waals surface area contributed by atoms with Crippen LogP contribution in [0.3, 0.4) is 0 Å². The molecule has 0 aromatic heterocycles. The van der Waals surface area contributed by atoms with E-state index in [1.807, 2.05) is 20.8 Å². The number of carbonyl (C=O) groups is 1. The Morgan fingerprint density at radius 1 is 1.58 bits per heavy atom. The zero-order chi connectivity index (χ0) is 9.78. The Kier molecular flexibility index (Phi) is 4.20. The van der Waals surface area contributed by atoms with Gasteiger partial charge in [0.25, 0.3) is 0 Å². The standard InChI is InChI=1S/C8H17NO3/c1-8(2,3)12-6(4-5-9)7(10)11/h6H,4-5,9H2,1-3H3,(H,10,11). The van der Waals surface area contributed by atoms with Gasteiger partial charge in [-0.15, -0.1) is 0 Å². The maximum Gasteiger partial charge on any atom is 0.332 e. The largest absolute Gasteiger partial charge is 0.479 e. The number of nitrogens with two attached hydrogens (primary N) is 1. The first-order valence-corrected chi connectivity index (χ1v) is 3.97. The second-order valence-electron chi connectivity index (χ2n) is 3.63. The lowest BCUT2D eigenvalue weighted by atomic mass is 10.1. The number of rotatable bonds is 4. The highest BCUT2D eigenvalue weighted by atomic mass is 16.5. The molecule has 0 aliphatic rings. The summed E-state index contributed by atoms with van der Waals surface area (Å²) in [7, 11) is 0. The van der Waals surface area contributed by atoms with Crippen molar-refractivity contribution in [1.29, 1.82) is 0 Å². The predicted octanol–water partition coefficient (Wildman–Crippen LogP) is 0.603. The summed E-state index contributed by atoms with van der Waals surface area (Å²) >= 11 is 0. The van der Waals surface area contributed by atoms with Crippen molar-refractivity contribution in [3.8, 4) is 0 Å². The van der Waals surface area contributed by atoms with Gasteiger partial charge >= 0.3 is 5.97 Å². The third kappa shape index (κ3) is 5.09. The van der Waals surface area contributed by atoms with Gasteiger partial charge in [0, 0.05) is 0 Å². The SMILES string of the molecule is CC(C)(C)OC(CCN)C(=O)O. The quantitative estimate of drug-likeness (QED) is 0.656. The Balaban J connectivity index is 4.05. The van der Waals surface area contributed by atoms with Crippen molar-refractivity contribution in [1.82, 2.24) is 0 Å². The van der Waals surface area contributed by atoms with Crippen LogP contribution in [-0.2, 0) is 9.53 Å².